The summed E-state index contributed by atoms with van der Waals surface area (Å²) in [5, 5.41) is 8.62. The van der Waals surface area contributed by atoms with Gasteiger partial charge in [-0.2, -0.15) is 11.8 Å². The summed E-state index contributed by atoms with van der Waals surface area (Å²) in [6, 6.07) is 0.0292. The van der Waals surface area contributed by atoms with Crippen LogP contribution < -0.4 is 0 Å². The molecule has 6 heteroatoms. The van der Waals surface area contributed by atoms with Gasteiger partial charge in [-0.1, -0.05) is 6.92 Å². The van der Waals surface area contributed by atoms with Crippen molar-refractivity contribution < 1.29 is 13.5 Å². The van der Waals surface area contributed by atoms with E-state index in [-0.39, 0.29) is 18.4 Å². The third-order valence-corrected chi connectivity index (χ3v) is 4.72. The Kier molecular flexibility index (Phi) is 6.76. The van der Waals surface area contributed by atoms with E-state index in [4.69, 9.17) is 5.11 Å². The van der Waals surface area contributed by atoms with Crippen molar-refractivity contribution in [2.45, 2.75) is 19.4 Å². The van der Waals surface area contributed by atoms with E-state index >= 15 is 0 Å². The minimum atomic E-state index is -3.27. The number of hydrogen-bond acceptors (Lipinski definition) is 4. The smallest absolute Gasteiger partial charge is 0.216 e. The van der Waals surface area contributed by atoms with Crippen LogP contribution >= 0.6 is 11.8 Å². The van der Waals surface area contributed by atoms with Crippen LogP contribution in [0.4, 0.5) is 0 Å². The van der Waals surface area contributed by atoms with Crippen LogP contribution in [0, 0.1) is 0 Å². The van der Waals surface area contributed by atoms with Crippen LogP contribution in [0.5, 0.6) is 0 Å². The van der Waals surface area contributed by atoms with Crippen LogP contribution in [0.1, 0.15) is 13.3 Å². The van der Waals surface area contributed by atoms with E-state index in [0.29, 0.717) is 0 Å². The molecule has 0 radical (unpaired) electrons. The summed E-state index contributed by atoms with van der Waals surface area (Å²) in [5.41, 5.74) is 0. The molecule has 0 aliphatic rings. The summed E-state index contributed by atoms with van der Waals surface area (Å²) in [6.07, 6.45) is 2.75. The first-order valence-electron chi connectivity index (χ1n) is 4.55. The fraction of sp³-hybridized carbons (Fsp3) is 1.00. The minimum Gasteiger partial charge on any atom is -0.395 e. The van der Waals surface area contributed by atoms with Gasteiger partial charge >= 0.3 is 0 Å². The van der Waals surface area contributed by atoms with Crippen LogP contribution in [-0.4, -0.2) is 55.3 Å². The fourth-order valence-electron chi connectivity index (χ4n) is 1.16. The van der Waals surface area contributed by atoms with Gasteiger partial charge in [0.2, 0.25) is 10.0 Å². The van der Waals surface area contributed by atoms with Crippen molar-refractivity contribution in [2.24, 2.45) is 0 Å². The summed E-state index contributed by atoms with van der Waals surface area (Å²) in [5.74, 6) is 0.603. The third kappa shape index (κ3) is 4.16. The van der Waals surface area contributed by atoms with Gasteiger partial charge in [-0.15, -0.1) is 0 Å². The largest absolute Gasteiger partial charge is 0.395 e. The van der Waals surface area contributed by atoms with Gasteiger partial charge in [0.1, 0.15) is 0 Å². The second kappa shape index (κ2) is 6.66. The first kappa shape index (κ1) is 14.2. The molecule has 0 aromatic heterocycles. The first-order valence-corrected chi connectivity index (χ1v) is 7.55. The highest BCUT2D eigenvalue weighted by Gasteiger charge is 2.23. The number of aliphatic hydroxyl groups excluding tert-OH is 1. The molecule has 0 aromatic rings. The molecule has 0 amide bonds. The summed E-state index contributed by atoms with van der Waals surface area (Å²) >= 11 is 1.63. The fourth-order valence-corrected chi connectivity index (χ4v) is 3.29. The molecule has 1 unspecified atom stereocenters. The number of thioether (sulfide) groups is 1. The van der Waals surface area contributed by atoms with E-state index in [2.05, 4.69) is 0 Å². The van der Waals surface area contributed by atoms with Crippen molar-refractivity contribution in [2.75, 3.05) is 31.4 Å². The molecule has 1 N–H and O–H groups in total. The molecule has 0 saturated heterocycles. The summed E-state index contributed by atoms with van der Waals surface area (Å²) < 4.78 is 24.5. The average Bonchev–Trinajstić information content (AvgIpc) is 2.13. The van der Waals surface area contributed by atoms with Crippen LogP contribution in [0.2, 0.25) is 0 Å². The maximum Gasteiger partial charge on any atom is 0.216 e. The summed E-state index contributed by atoms with van der Waals surface area (Å²) in [4.78, 5) is 0. The van der Waals surface area contributed by atoms with E-state index in [9.17, 15) is 8.42 Å². The highest BCUT2D eigenvalue weighted by atomic mass is 32.2. The normalized spacial score (nSPS) is 14.6. The standard InChI is InChI=1S/C8H19NO3S2/c1-4-8(7-13-3)9(2)14(11,12)6-5-10/h8,10H,4-7H2,1-3H3. The maximum absolute atomic E-state index is 11.6. The number of nitrogens with zero attached hydrogens (tertiary/aromatic N) is 1. The van der Waals surface area contributed by atoms with Gasteiger partial charge < -0.3 is 5.11 Å². The van der Waals surface area contributed by atoms with E-state index in [0.717, 1.165) is 12.2 Å². The molecule has 0 fully saturated rings. The third-order valence-electron chi connectivity index (χ3n) is 2.13. The maximum atomic E-state index is 11.6. The molecule has 4 nitrogen and oxygen atoms in total. The molecule has 0 aliphatic carbocycles. The predicted octanol–water partition coefficient (Wildman–Crippen LogP) is 0.382. The van der Waals surface area contributed by atoms with Crippen molar-refractivity contribution in [1.29, 1.82) is 0 Å². The quantitative estimate of drug-likeness (QED) is 0.700. The Morgan fingerprint density at radius 3 is 2.43 bits per heavy atom. The Morgan fingerprint density at radius 1 is 1.50 bits per heavy atom. The Labute approximate surface area is 90.7 Å². The van der Waals surface area contributed by atoms with Gasteiger partial charge in [-0.25, -0.2) is 12.7 Å². The van der Waals surface area contributed by atoms with Crippen molar-refractivity contribution in [3.05, 3.63) is 0 Å². The monoisotopic (exact) mass is 241 g/mol. The SMILES string of the molecule is CCC(CSC)N(C)S(=O)(=O)CCO. The molecule has 0 aromatic carbocycles. The molecular weight excluding hydrogens is 222 g/mol. The molecule has 0 aliphatic heterocycles. The zero-order valence-electron chi connectivity index (χ0n) is 8.93. The number of aliphatic hydroxyl groups is 1. The van der Waals surface area contributed by atoms with Crippen molar-refractivity contribution in [1.82, 2.24) is 4.31 Å². The Morgan fingerprint density at radius 2 is 2.07 bits per heavy atom. The molecule has 0 saturated carbocycles. The van der Waals surface area contributed by atoms with Gasteiger partial charge in [0.05, 0.1) is 12.4 Å². The Bertz CT molecular complexity index is 241. The molecule has 0 spiro atoms. The molecular formula is C8H19NO3S2. The lowest BCUT2D eigenvalue weighted by molar-refractivity contribution is 0.312. The molecule has 0 rings (SSSR count). The minimum absolute atomic E-state index is 0.0292. The first-order chi connectivity index (χ1) is 6.49. The second-order valence-electron chi connectivity index (χ2n) is 3.07. The van der Waals surface area contributed by atoms with Gasteiger partial charge in [0.25, 0.3) is 0 Å². The molecule has 14 heavy (non-hydrogen) atoms. The van der Waals surface area contributed by atoms with Crippen LogP contribution in [0.25, 0.3) is 0 Å². The van der Waals surface area contributed by atoms with Gasteiger partial charge in [0.15, 0.2) is 0 Å². The second-order valence-corrected chi connectivity index (χ2v) is 6.13. The number of hydrogen-bond donors (Lipinski definition) is 1. The van der Waals surface area contributed by atoms with Crippen molar-refractivity contribution in [3.63, 3.8) is 0 Å². The van der Waals surface area contributed by atoms with Crippen molar-refractivity contribution >= 4 is 21.8 Å². The van der Waals surface area contributed by atoms with E-state index < -0.39 is 10.0 Å². The Balaban J connectivity index is 4.47. The van der Waals surface area contributed by atoms with Gasteiger partial charge in [0, 0.05) is 18.8 Å². The Hall–Kier alpha value is 0.220. The van der Waals surface area contributed by atoms with Gasteiger partial charge in [-0.05, 0) is 12.7 Å². The predicted molar refractivity (Wildman–Crippen MR) is 61.1 cm³/mol. The highest BCUT2D eigenvalue weighted by molar-refractivity contribution is 7.98. The van der Waals surface area contributed by atoms with Crippen LogP contribution in [0.3, 0.4) is 0 Å². The lowest BCUT2D eigenvalue weighted by Crippen LogP contribution is -2.40. The van der Waals surface area contributed by atoms with Crippen LogP contribution in [0.15, 0.2) is 0 Å². The zero-order chi connectivity index (χ0) is 11.2. The van der Waals surface area contributed by atoms with E-state index in [1.807, 2.05) is 13.2 Å². The highest BCUT2D eigenvalue weighted by Crippen LogP contribution is 2.12. The van der Waals surface area contributed by atoms with E-state index in [1.165, 1.54) is 4.31 Å². The van der Waals surface area contributed by atoms with Gasteiger partial charge in [-0.3, -0.25) is 0 Å². The summed E-state index contributed by atoms with van der Waals surface area (Å²) in [7, 11) is -1.70. The average molecular weight is 241 g/mol. The number of sulfonamides is 1. The molecule has 86 valence electrons. The lowest BCUT2D eigenvalue weighted by Gasteiger charge is -2.25. The van der Waals surface area contributed by atoms with E-state index in [1.54, 1.807) is 18.8 Å². The zero-order valence-corrected chi connectivity index (χ0v) is 10.6. The number of rotatable bonds is 7. The van der Waals surface area contributed by atoms with Crippen molar-refractivity contribution in [3.8, 4) is 0 Å². The topological polar surface area (TPSA) is 57.6 Å². The van der Waals surface area contributed by atoms with Crippen LogP contribution in [-0.2, 0) is 10.0 Å². The lowest BCUT2D eigenvalue weighted by atomic mass is 10.3. The molecule has 0 heterocycles. The molecule has 1 atom stereocenters. The molecule has 0 bridgehead atoms. The summed E-state index contributed by atoms with van der Waals surface area (Å²) in [6.45, 7) is 1.65.